The minimum absolute atomic E-state index is 0.124. The van der Waals surface area contributed by atoms with Crippen molar-refractivity contribution in [2.45, 2.75) is 6.04 Å². The molecular weight excluding hydrogens is 170 g/mol. The number of nitrogens with one attached hydrogen (secondary N) is 1. The maximum absolute atomic E-state index is 10.6. The SMILES string of the molecule is O=C(O)c1ccc(O)c([C@H]2CN2)c1. The van der Waals surface area contributed by atoms with Crippen molar-refractivity contribution in [2.75, 3.05) is 6.54 Å². The van der Waals surface area contributed by atoms with Crippen LogP contribution in [-0.4, -0.2) is 22.7 Å². The number of carboxylic acids is 1. The van der Waals surface area contributed by atoms with Gasteiger partial charge in [0, 0.05) is 18.2 Å². The van der Waals surface area contributed by atoms with Crippen LogP contribution in [0.25, 0.3) is 0 Å². The highest BCUT2D eigenvalue weighted by atomic mass is 16.4. The van der Waals surface area contributed by atoms with Crippen molar-refractivity contribution in [1.82, 2.24) is 5.32 Å². The molecule has 68 valence electrons. The highest BCUT2D eigenvalue weighted by Gasteiger charge is 2.25. The number of carbonyl (C=O) groups is 1. The van der Waals surface area contributed by atoms with E-state index in [0.717, 1.165) is 6.54 Å². The summed E-state index contributed by atoms with van der Waals surface area (Å²) in [6, 6.07) is 4.43. The molecule has 2 rings (SSSR count). The molecule has 13 heavy (non-hydrogen) atoms. The van der Waals surface area contributed by atoms with Crippen molar-refractivity contribution >= 4 is 5.97 Å². The normalized spacial score (nSPS) is 19.8. The summed E-state index contributed by atoms with van der Waals surface area (Å²) in [6.45, 7) is 0.802. The van der Waals surface area contributed by atoms with E-state index in [2.05, 4.69) is 5.32 Å². The van der Waals surface area contributed by atoms with Crippen LogP contribution in [0.15, 0.2) is 18.2 Å². The van der Waals surface area contributed by atoms with Gasteiger partial charge in [0.15, 0.2) is 0 Å². The predicted molar refractivity (Wildman–Crippen MR) is 45.8 cm³/mol. The van der Waals surface area contributed by atoms with Crippen molar-refractivity contribution in [3.05, 3.63) is 29.3 Å². The standard InChI is InChI=1S/C9H9NO3/c11-8-2-1-5(9(12)13)3-6(8)7-4-10-7/h1-3,7,10-11H,4H2,(H,12,13)/t7-/m1/s1. The molecule has 1 aliphatic rings. The zero-order valence-electron chi connectivity index (χ0n) is 6.82. The fourth-order valence-corrected chi connectivity index (χ4v) is 1.25. The van der Waals surface area contributed by atoms with Crippen LogP contribution in [0, 0.1) is 0 Å². The molecule has 1 atom stereocenters. The Morgan fingerprint density at radius 1 is 1.54 bits per heavy atom. The average Bonchev–Trinajstić information content (AvgIpc) is 2.87. The van der Waals surface area contributed by atoms with Gasteiger partial charge in [0.1, 0.15) is 5.75 Å². The Bertz CT molecular complexity index is 358. The van der Waals surface area contributed by atoms with E-state index >= 15 is 0 Å². The van der Waals surface area contributed by atoms with Gasteiger partial charge in [-0.1, -0.05) is 0 Å². The molecule has 1 aliphatic heterocycles. The predicted octanol–water partition coefficient (Wildman–Crippen LogP) is 0.735. The van der Waals surface area contributed by atoms with Gasteiger partial charge >= 0.3 is 5.97 Å². The molecule has 1 aromatic carbocycles. The van der Waals surface area contributed by atoms with E-state index in [0.29, 0.717) is 5.56 Å². The Hall–Kier alpha value is -1.55. The monoisotopic (exact) mass is 179 g/mol. The molecule has 0 aliphatic carbocycles. The van der Waals surface area contributed by atoms with E-state index in [1.165, 1.54) is 18.2 Å². The first kappa shape index (κ1) is 8.07. The van der Waals surface area contributed by atoms with Crippen LogP contribution >= 0.6 is 0 Å². The van der Waals surface area contributed by atoms with Gasteiger partial charge in [0.05, 0.1) is 5.56 Å². The van der Waals surface area contributed by atoms with E-state index in [9.17, 15) is 9.90 Å². The third kappa shape index (κ3) is 1.48. The van der Waals surface area contributed by atoms with E-state index in [-0.39, 0.29) is 17.4 Å². The largest absolute Gasteiger partial charge is 0.508 e. The van der Waals surface area contributed by atoms with E-state index in [1.807, 2.05) is 0 Å². The Kier molecular flexibility index (Phi) is 1.70. The summed E-state index contributed by atoms with van der Waals surface area (Å²) in [6.07, 6.45) is 0. The number of carboxylic acid groups (broad SMARTS) is 1. The lowest BCUT2D eigenvalue weighted by Gasteiger charge is -2.02. The Balaban J connectivity index is 2.41. The third-order valence-corrected chi connectivity index (χ3v) is 2.06. The van der Waals surface area contributed by atoms with E-state index in [1.54, 1.807) is 0 Å². The molecule has 0 radical (unpaired) electrons. The van der Waals surface area contributed by atoms with Crippen molar-refractivity contribution in [3.8, 4) is 5.75 Å². The minimum Gasteiger partial charge on any atom is -0.508 e. The molecule has 0 unspecified atom stereocenters. The molecule has 4 heteroatoms. The summed E-state index contributed by atoms with van der Waals surface area (Å²) >= 11 is 0. The second-order valence-electron chi connectivity index (χ2n) is 3.04. The fourth-order valence-electron chi connectivity index (χ4n) is 1.25. The van der Waals surface area contributed by atoms with Gasteiger partial charge in [-0.15, -0.1) is 0 Å². The Morgan fingerprint density at radius 2 is 2.23 bits per heavy atom. The Labute approximate surface area is 74.8 Å². The van der Waals surface area contributed by atoms with E-state index in [4.69, 9.17) is 5.11 Å². The second-order valence-corrected chi connectivity index (χ2v) is 3.04. The van der Waals surface area contributed by atoms with Gasteiger partial charge in [-0.05, 0) is 18.2 Å². The van der Waals surface area contributed by atoms with Gasteiger partial charge < -0.3 is 15.5 Å². The van der Waals surface area contributed by atoms with Crippen LogP contribution in [0.5, 0.6) is 5.75 Å². The highest BCUT2D eigenvalue weighted by molar-refractivity contribution is 5.88. The molecule has 3 N–H and O–H groups in total. The van der Waals surface area contributed by atoms with Gasteiger partial charge in [0.25, 0.3) is 0 Å². The third-order valence-electron chi connectivity index (χ3n) is 2.06. The number of phenolic OH excluding ortho intramolecular Hbond substituents is 1. The van der Waals surface area contributed by atoms with Crippen LogP contribution in [0.1, 0.15) is 22.0 Å². The quantitative estimate of drug-likeness (QED) is 0.585. The van der Waals surface area contributed by atoms with Crippen LogP contribution in [0.2, 0.25) is 0 Å². The number of aromatic carboxylic acids is 1. The lowest BCUT2D eigenvalue weighted by Crippen LogP contribution is -1.97. The summed E-state index contributed by atoms with van der Waals surface area (Å²) in [5.41, 5.74) is 0.876. The first-order valence-corrected chi connectivity index (χ1v) is 3.98. The first-order chi connectivity index (χ1) is 6.18. The average molecular weight is 179 g/mol. The van der Waals surface area contributed by atoms with Crippen molar-refractivity contribution in [2.24, 2.45) is 0 Å². The number of aromatic hydroxyl groups is 1. The van der Waals surface area contributed by atoms with Crippen molar-refractivity contribution in [1.29, 1.82) is 0 Å². The molecule has 0 bridgehead atoms. The van der Waals surface area contributed by atoms with Crippen LogP contribution in [0.3, 0.4) is 0 Å². The molecule has 0 aromatic heterocycles. The van der Waals surface area contributed by atoms with Crippen molar-refractivity contribution < 1.29 is 15.0 Å². The number of hydrogen-bond acceptors (Lipinski definition) is 3. The molecular formula is C9H9NO3. The van der Waals surface area contributed by atoms with Crippen LogP contribution in [-0.2, 0) is 0 Å². The molecule has 4 nitrogen and oxygen atoms in total. The summed E-state index contributed by atoms with van der Waals surface area (Å²) in [5.74, 6) is -0.818. The fraction of sp³-hybridized carbons (Fsp3) is 0.222. The molecule has 0 spiro atoms. The zero-order valence-corrected chi connectivity index (χ0v) is 6.82. The summed E-state index contributed by atoms with van der Waals surface area (Å²) < 4.78 is 0. The lowest BCUT2D eigenvalue weighted by molar-refractivity contribution is 0.0697. The number of benzene rings is 1. The Morgan fingerprint density at radius 3 is 2.77 bits per heavy atom. The van der Waals surface area contributed by atoms with Gasteiger partial charge in [-0.25, -0.2) is 4.79 Å². The first-order valence-electron chi connectivity index (χ1n) is 3.98. The van der Waals surface area contributed by atoms with Crippen molar-refractivity contribution in [3.63, 3.8) is 0 Å². The number of rotatable bonds is 2. The number of hydrogen-bond donors (Lipinski definition) is 3. The maximum Gasteiger partial charge on any atom is 0.335 e. The molecule has 0 saturated carbocycles. The number of phenols is 1. The van der Waals surface area contributed by atoms with Gasteiger partial charge in [-0.2, -0.15) is 0 Å². The summed E-state index contributed by atoms with van der Waals surface area (Å²) in [5, 5.41) is 21.1. The maximum atomic E-state index is 10.6. The molecule has 0 amide bonds. The van der Waals surface area contributed by atoms with Crippen LogP contribution < -0.4 is 5.32 Å². The summed E-state index contributed by atoms with van der Waals surface area (Å²) in [4.78, 5) is 10.6. The van der Waals surface area contributed by atoms with Gasteiger partial charge in [-0.3, -0.25) is 0 Å². The topological polar surface area (TPSA) is 79.5 Å². The molecule has 1 fully saturated rings. The summed E-state index contributed by atoms with van der Waals surface area (Å²) in [7, 11) is 0. The van der Waals surface area contributed by atoms with E-state index < -0.39 is 5.97 Å². The minimum atomic E-state index is -0.970. The second kappa shape index (κ2) is 2.74. The lowest BCUT2D eigenvalue weighted by atomic mass is 10.1. The molecule has 1 heterocycles. The molecule has 1 aromatic rings. The van der Waals surface area contributed by atoms with Gasteiger partial charge in [0.2, 0.25) is 0 Å². The zero-order chi connectivity index (χ0) is 9.42. The molecule has 1 saturated heterocycles. The highest BCUT2D eigenvalue weighted by Crippen LogP contribution is 2.30. The smallest absolute Gasteiger partial charge is 0.335 e. The van der Waals surface area contributed by atoms with Crippen LogP contribution in [0.4, 0.5) is 0 Å².